The SMILES string of the molecule is c1ccc(-c2ccc(Nc3cccc(Nc4cccc5c4C4(c6ccccc6-c6ccccc64)c4ccccc4-5)c3-c3ccccc3)cc2)cc1.c1ccc(-c2ccccc2)cc1. The minimum atomic E-state index is -0.439. The number of anilines is 4. The van der Waals surface area contributed by atoms with Crippen molar-refractivity contribution in [3.63, 3.8) is 0 Å². The highest BCUT2D eigenvalue weighted by Crippen LogP contribution is 2.64. The fourth-order valence-corrected chi connectivity index (χ4v) is 9.87. The van der Waals surface area contributed by atoms with Crippen molar-refractivity contribution in [3.8, 4) is 55.6 Å². The Kier molecular flexibility index (Phi) is 9.80. The van der Waals surface area contributed by atoms with Gasteiger partial charge in [0.15, 0.2) is 0 Å². The summed E-state index contributed by atoms with van der Waals surface area (Å²) in [5.74, 6) is 0. The topological polar surface area (TPSA) is 24.1 Å². The van der Waals surface area contributed by atoms with Gasteiger partial charge in [0.1, 0.15) is 0 Å². The van der Waals surface area contributed by atoms with E-state index in [0.29, 0.717) is 0 Å². The molecular formula is C61H44N2. The molecule has 0 aromatic heterocycles. The second-order valence-electron chi connectivity index (χ2n) is 16.1. The Labute approximate surface area is 369 Å². The Morgan fingerprint density at radius 3 is 1.08 bits per heavy atom. The van der Waals surface area contributed by atoms with Crippen LogP contribution in [0.2, 0.25) is 0 Å². The van der Waals surface area contributed by atoms with Gasteiger partial charge in [-0.3, -0.25) is 0 Å². The van der Waals surface area contributed by atoms with Crippen molar-refractivity contribution in [2.75, 3.05) is 10.6 Å². The van der Waals surface area contributed by atoms with Gasteiger partial charge in [0.2, 0.25) is 0 Å². The van der Waals surface area contributed by atoms with Crippen LogP contribution in [0.4, 0.5) is 22.7 Å². The van der Waals surface area contributed by atoms with Crippen molar-refractivity contribution >= 4 is 22.7 Å². The van der Waals surface area contributed by atoms with Gasteiger partial charge in [0.25, 0.3) is 0 Å². The molecule has 0 saturated carbocycles. The molecule has 0 radical (unpaired) electrons. The molecule has 2 N–H and O–H groups in total. The summed E-state index contributed by atoms with van der Waals surface area (Å²) in [6.45, 7) is 0. The highest BCUT2D eigenvalue weighted by Gasteiger charge is 2.52. The highest BCUT2D eigenvalue weighted by atomic mass is 14.9. The van der Waals surface area contributed by atoms with Gasteiger partial charge in [-0.25, -0.2) is 0 Å². The van der Waals surface area contributed by atoms with Crippen LogP contribution in [0.15, 0.2) is 255 Å². The van der Waals surface area contributed by atoms with E-state index in [4.69, 9.17) is 0 Å². The quantitative estimate of drug-likeness (QED) is 0.168. The third kappa shape index (κ3) is 6.70. The largest absolute Gasteiger partial charge is 0.355 e. The van der Waals surface area contributed by atoms with Gasteiger partial charge < -0.3 is 10.6 Å². The van der Waals surface area contributed by atoms with E-state index in [1.54, 1.807) is 0 Å². The first-order valence-corrected chi connectivity index (χ1v) is 21.7. The van der Waals surface area contributed by atoms with Crippen LogP contribution < -0.4 is 10.6 Å². The number of nitrogens with one attached hydrogen (secondary N) is 2. The molecule has 10 aromatic carbocycles. The van der Waals surface area contributed by atoms with E-state index < -0.39 is 5.41 Å². The molecule has 2 nitrogen and oxygen atoms in total. The molecule has 63 heavy (non-hydrogen) atoms. The summed E-state index contributed by atoms with van der Waals surface area (Å²) in [5.41, 5.74) is 21.5. The maximum atomic E-state index is 4.04. The molecular weight excluding hydrogens is 761 g/mol. The summed E-state index contributed by atoms with van der Waals surface area (Å²) in [4.78, 5) is 0. The van der Waals surface area contributed by atoms with Crippen molar-refractivity contribution in [3.05, 3.63) is 277 Å². The number of fused-ring (bicyclic) bond motifs is 10. The standard InChI is InChI=1S/C49H34N2.C12H10/c1-3-15-33(16-4-1)34-29-31-36(32-30-34)50-44-26-14-27-45(47(44)35-17-5-2-6-18-35)51-46-28-13-22-40-39-21-9-12-25-43(39)49(48(40)46)41-23-10-7-19-37(41)38-20-8-11-24-42(38)49;1-3-7-11(8-4-1)12-9-5-2-6-10-12/h1-32,50-51H;1-10H. The molecule has 1 spiro atoms. The van der Waals surface area contributed by atoms with Crippen LogP contribution >= 0.6 is 0 Å². The summed E-state index contributed by atoms with van der Waals surface area (Å²) in [7, 11) is 0. The van der Waals surface area contributed by atoms with Gasteiger partial charge in [-0.2, -0.15) is 0 Å². The molecule has 2 heteroatoms. The zero-order chi connectivity index (χ0) is 42.0. The maximum absolute atomic E-state index is 4.04. The third-order valence-corrected chi connectivity index (χ3v) is 12.6. The predicted octanol–water partition coefficient (Wildman–Crippen LogP) is 16.2. The normalized spacial score (nSPS) is 12.3. The van der Waals surface area contributed by atoms with Crippen LogP contribution in [0.1, 0.15) is 22.3 Å². The zero-order valence-corrected chi connectivity index (χ0v) is 34.7. The Bertz CT molecular complexity index is 3090. The summed E-state index contributed by atoms with van der Waals surface area (Å²) in [6, 6.07) is 90.9. The molecule has 0 aliphatic heterocycles. The molecule has 12 rings (SSSR count). The fourth-order valence-electron chi connectivity index (χ4n) is 9.87. The number of rotatable bonds is 7. The summed E-state index contributed by atoms with van der Waals surface area (Å²) >= 11 is 0. The lowest BCUT2D eigenvalue weighted by Crippen LogP contribution is -2.26. The van der Waals surface area contributed by atoms with E-state index in [1.807, 2.05) is 12.1 Å². The van der Waals surface area contributed by atoms with E-state index in [1.165, 1.54) is 66.8 Å². The molecule has 0 fully saturated rings. The van der Waals surface area contributed by atoms with Crippen molar-refractivity contribution in [1.29, 1.82) is 0 Å². The fraction of sp³-hybridized carbons (Fsp3) is 0.0164. The molecule has 0 bridgehead atoms. The molecule has 0 heterocycles. The number of hydrogen-bond acceptors (Lipinski definition) is 2. The first-order chi connectivity index (χ1) is 31.3. The molecule has 298 valence electrons. The van der Waals surface area contributed by atoms with Crippen LogP contribution in [-0.4, -0.2) is 0 Å². The average molecular weight is 805 g/mol. The predicted molar refractivity (Wildman–Crippen MR) is 265 cm³/mol. The van der Waals surface area contributed by atoms with Crippen molar-refractivity contribution < 1.29 is 0 Å². The second-order valence-corrected chi connectivity index (χ2v) is 16.1. The van der Waals surface area contributed by atoms with E-state index >= 15 is 0 Å². The summed E-state index contributed by atoms with van der Waals surface area (Å²) in [5, 5.41) is 7.81. The van der Waals surface area contributed by atoms with Crippen LogP contribution in [0.25, 0.3) is 55.6 Å². The Balaban J connectivity index is 0.000000320. The van der Waals surface area contributed by atoms with Gasteiger partial charge in [-0.1, -0.05) is 224 Å². The van der Waals surface area contributed by atoms with E-state index in [2.05, 4.69) is 253 Å². The Morgan fingerprint density at radius 2 is 0.587 bits per heavy atom. The first kappa shape index (κ1) is 37.8. The van der Waals surface area contributed by atoms with E-state index in [9.17, 15) is 0 Å². The number of hydrogen-bond donors (Lipinski definition) is 2. The molecule has 10 aromatic rings. The molecule has 0 saturated heterocycles. The lowest BCUT2D eigenvalue weighted by Gasteiger charge is -2.32. The Hall–Kier alpha value is -8.20. The molecule has 0 unspecified atom stereocenters. The monoisotopic (exact) mass is 804 g/mol. The van der Waals surface area contributed by atoms with Crippen molar-refractivity contribution in [1.82, 2.24) is 0 Å². The first-order valence-electron chi connectivity index (χ1n) is 21.7. The van der Waals surface area contributed by atoms with Crippen molar-refractivity contribution in [2.45, 2.75) is 5.41 Å². The summed E-state index contributed by atoms with van der Waals surface area (Å²) < 4.78 is 0. The van der Waals surface area contributed by atoms with E-state index in [0.717, 1.165) is 33.9 Å². The summed E-state index contributed by atoms with van der Waals surface area (Å²) in [6.07, 6.45) is 0. The second kappa shape index (κ2) is 16.3. The maximum Gasteiger partial charge on any atom is 0.0745 e. The Morgan fingerprint density at radius 1 is 0.238 bits per heavy atom. The minimum Gasteiger partial charge on any atom is -0.355 e. The van der Waals surface area contributed by atoms with Gasteiger partial charge in [0.05, 0.1) is 5.41 Å². The van der Waals surface area contributed by atoms with Crippen LogP contribution in [0, 0.1) is 0 Å². The highest BCUT2D eigenvalue weighted by molar-refractivity contribution is 6.00. The van der Waals surface area contributed by atoms with Crippen LogP contribution in [0.5, 0.6) is 0 Å². The number of benzene rings is 10. The molecule has 2 aliphatic carbocycles. The van der Waals surface area contributed by atoms with Crippen molar-refractivity contribution in [2.24, 2.45) is 0 Å². The van der Waals surface area contributed by atoms with E-state index in [-0.39, 0.29) is 0 Å². The molecule has 0 amide bonds. The van der Waals surface area contributed by atoms with Crippen LogP contribution in [0.3, 0.4) is 0 Å². The minimum absolute atomic E-state index is 0.439. The third-order valence-electron chi connectivity index (χ3n) is 12.6. The van der Waals surface area contributed by atoms with Gasteiger partial charge in [-0.05, 0) is 97.1 Å². The lowest BCUT2D eigenvalue weighted by atomic mass is 9.70. The van der Waals surface area contributed by atoms with Gasteiger partial charge >= 0.3 is 0 Å². The lowest BCUT2D eigenvalue weighted by molar-refractivity contribution is 0.796. The average Bonchev–Trinajstić information content (AvgIpc) is 3.84. The van der Waals surface area contributed by atoms with Crippen LogP contribution in [-0.2, 0) is 5.41 Å². The van der Waals surface area contributed by atoms with Gasteiger partial charge in [-0.15, -0.1) is 0 Å². The van der Waals surface area contributed by atoms with Gasteiger partial charge in [0, 0.05) is 33.9 Å². The zero-order valence-electron chi connectivity index (χ0n) is 34.7. The smallest absolute Gasteiger partial charge is 0.0745 e. The molecule has 2 aliphatic rings. The molecule has 0 atom stereocenters.